The highest BCUT2D eigenvalue weighted by Gasteiger charge is 2.17. The molecule has 26 heavy (non-hydrogen) atoms. The lowest BCUT2D eigenvalue weighted by molar-refractivity contribution is -0.115. The summed E-state index contributed by atoms with van der Waals surface area (Å²) in [6, 6.07) is 4.46. The zero-order valence-corrected chi connectivity index (χ0v) is 15.8. The number of hydrogen-bond acceptors (Lipinski definition) is 4. The van der Waals surface area contributed by atoms with Crippen LogP contribution in [0.3, 0.4) is 0 Å². The van der Waals surface area contributed by atoms with Crippen LogP contribution in [0.4, 0.5) is 5.69 Å². The van der Waals surface area contributed by atoms with Crippen LogP contribution in [0.2, 0.25) is 0 Å². The molecule has 7 heteroatoms. The topological polar surface area (TPSA) is 93.5 Å². The van der Waals surface area contributed by atoms with Gasteiger partial charge in [-0.2, -0.15) is 5.10 Å². The van der Waals surface area contributed by atoms with Gasteiger partial charge in [0.05, 0.1) is 19.2 Å². The van der Waals surface area contributed by atoms with Gasteiger partial charge in [0.2, 0.25) is 5.91 Å². The van der Waals surface area contributed by atoms with Gasteiger partial charge in [0, 0.05) is 29.6 Å². The summed E-state index contributed by atoms with van der Waals surface area (Å²) in [4.78, 5) is 23.6. The monoisotopic (exact) mass is 359 g/mol. The van der Waals surface area contributed by atoms with E-state index in [1.54, 1.807) is 6.07 Å². The van der Waals surface area contributed by atoms with Crippen LogP contribution in [0.5, 0.6) is 5.75 Å². The van der Waals surface area contributed by atoms with E-state index in [0.29, 0.717) is 11.6 Å². The van der Waals surface area contributed by atoms with Crippen molar-refractivity contribution in [1.29, 1.82) is 0 Å². The zero-order valence-electron chi connectivity index (χ0n) is 15.8. The second kappa shape index (κ2) is 8.03. The molecule has 0 aliphatic rings. The van der Waals surface area contributed by atoms with Gasteiger partial charge in [0.15, 0.2) is 0 Å². The minimum atomic E-state index is -1.08. The fourth-order valence-electron chi connectivity index (χ4n) is 2.82. The summed E-state index contributed by atoms with van der Waals surface area (Å²) in [5, 5.41) is 16.4. The molecule has 0 atom stereocenters. The van der Waals surface area contributed by atoms with E-state index >= 15 is 0 Å². The lowest BCUT2D eigenvalue weighted by Crippen LogP contribution is -2.16. The maximum Gasteiger partial charge on any atom is 0.339 e. The van der Waals surface area contributed by atoms with E-state index in [4.69, 9.17) is 9.84 Å². The number of nitrogens with zero attached hydrogens (tertiary/aromatic N) is 2. The molecule has 0 aliphatic heterocycles. The van der Waals surface area contributed by atoms with Crippen LogP contribution in [0.25, 0.3) is 0 Å². The van der Waals surface area contributed by atoms with E-state index in [1.165, 1.54) is 19.2 Å². The third-order valence-electron chi connectivity index (χ3n) is 4.12. The van der Waals surface area contributed by atoms with E-state index in [-0.39, 0.29) is 23.6 Å². The van der Waals surface area contributed by atoms with Gasteiger partial charge >= 0.3 is 5.97 Å². The van der Waals surface area contributed by atoms with E-state index in [0.717, 1.165) is 23.5 Å². The second-order valence-corrected chi connectivity index (χ2v) is 6.67. The number of carbonyl (C=O) groups is 2. The highest BCUT2D eigenvalue weighted by atomic mass is 16.5. The minimum Gasteiger partial charge on any atom is -0.496 e. The van der Waals surface area contributed by atoms with Crippen LogP contribution in [0, 0.1) is 19.8 Å². The first-order valence-electron chi connectivity index (χ1n) is 8.47. The third-order valence-corrected chi connectivity index (χ3v) is 4.12. The minimum absolute atomic E-state index is 0.0483. The molecule has 1 aromatic heterocycles. The largest absolute Gasteiger partial charge is 0.496 e. The number of rotatable bonds is 7. The maximum atomic E-state index is 12.4. The Balaban J connectivity index is 2.14. The van der Waals surface area contributed by atoms with Gasteiger partial charge in [0.1, 0.15) is 11.3 Å². The van der Waals surface area contributed by atoms with Crippen molar-refractivity contribution in [3.8, 4) is 5.75 Å². The molecule has 0 spiro atoms. The van der Waals surface area contributed by atoms with Crippen molar-refractivity contribution in [2.75, 3.05) is 12.4 Å². The molecular weight excluding hydrogens is 334 g/mol. The highest BCUT2D eigenvalue weighted by Crippen LogP contribution is 2.24. The smallest absolute Gasteiger partial charge is 0.339 e. The summed E-state index contributed by atoms with van der Waals surface area (Å²) in [5.41, 5.74) is 3.29. The summed E-state index contributed by atoms with van der Waals surface area (Å²) in [6.07, 6.45) is 0.207. The van der Waals surface area contributed by atoms with Gasteiger partial charge in [-0.05, 0) is 31.9 Å². The predicted octanol–water partition coefficient (Wildman–Crippen LogP) is 3.04. The van der Waals surface area contributed by atoms with Crippen molar-refractivity contribution in [2.45, 2.75) is 40.7 Å². The number of hydrogen-bond donors (Lipinski definition) is 2. The molecule has 2 N–H and O–H groups in total. The summed E-state index contributed by atoms with van der Waals surface area (Å²) in [7, 11) is 1.39. The van der Waals surface area contributed by atoms with Crippen molar-refractivity contribution >= 4 is 17.6 Å². The number of aromatic carboxylic acids is 1. The molecule has 0 fully saturated rings. The summed E-state index contributed by atoms with van der Waals surface area (Å²) >= 11 is 0. The summed E-state index contributed by atoms with van der Waals surface area (Å²) < 4.78 is 7.02. The lowest BCUT2D eigenvalue weighted by atomic mass is 10.1. The van der Waals surface area contributed by atoms with E-state index in [1.807, 2.05) is 18.5 Å². The summed E-state index contributed by atoms with van der Waals surface area (Å²) in [6.45, 7) is 8.92. The normalized spacial score (nSPS) is 10.8. The number of anilines is 1. The molecule has 2 rings (SSSR count). The molecule has 0 saturated heterocycles. The molecular formula is C19H25N3O4. The molecule has 0 unspecified atom stereocenters. The SMILES string of the molecule is COc1cc(NC(=O)Cc2c(C)nn(CC(C)C)c2C)ccc1C(=O)O. The van der Waals surface area contributed by atoms with E-state index < -0.39 is 5.97 Å². The number of benzene rings is 1. The number of ether oxygens (including phenoxy) is 1. The van der Waals surface area contributed by atoms with Gasteiger partial charge in [-0.1, -0.05) is 13.8 Å². The fourth-order valence-corrected chi connectivity index (χ4v) is 2.82. The van der Waals surface area contributed by atoms with Crippen molar-refractivity contribution < 1.29 is 19.4 Å². The quantitative estimate of drug-likeness (QED) is 0.792. The molecule has 0 bridgehead atoms. The Morgan fingerprint density at radius 1 is 1.31 bits per heavy atom. The molecule has 0 aliphatic carbocycles. The van der Waals surface area contributed by atoms with Crippen LogP contribution < -0.4 is 10.1 Å². The Morgan fingerprint density at radius 2 is 2.00 bits per heavy atom. The third kappa shape index (κ3) is 4.41. The Kier molecular flexibility index (Phi) is 6.02. The van der Waals surface area contributed by atoms with Crippen molar-refractivity contribution in [3.05, 3.63) is 40.7 Å². The number of carboxylic acid groups (broad SMARTS) is 1. The number of carboxylic acids is 1. The molecule has 1 aromatic carbocycles. The fraction of sp³-hybridized carbons (Fsp3) is 0.421. The van der Waals surface area contributed by atoms with Gasteiger partial charge in [-0.15, -0.1) is 0 Å². The first-order chi connectivity index (χ1) is 12.2. The van der Waals surface area contributed by atoms with Gasteiger partial charge in [-0.3, -0.25) is 9.48 Å². The lowest BCUT2D eigenvalue weighted by Gasteiger charge is -2.10. The number of nitrogens with one attached hydrogen (secondary N) is 1. The van der Waals surface area contributed by atoms with Gasteiger partial charge < -0.3 is 15.2 Å². The van der Waals surface area contributed by atoms with Gasteiger partial charge in [0.25, 0.3) is 0 Å². The summed E-state index contributed by atoms with van der Waals surface area (Å²) in [5.74, 6) is -0.601. The van der Waals surface area contributed by atoms with Crippen LogP contribution in [-0.4, -0.2) is 33.9 Å². The Morgan fingerprint density at radius 3 is 2.58 bits per heavy atom. The number of aryl methyl sites for hydroxylation is 1. The highest BCUT2D eigenvalue weighted by molar-refractivity contribution is 5.95. The number of aromatic nitrogens is 2. The molecule has 140 valence electrons. The standard InChI is InChI=1S/C19H25N3O4/c1-11(2)10-22-13(4)16(12(3)21-22)9-18(23)20-14-6-7-15(19(24)25)17(8-14)26-5/h6-8,11H,9-10H2,1-5H3,(H,20,23)(H,24,25). The van der Waals surface area contributed by atoms with Gasteiger partial charge in [-0.25, -0.2) is 4.79 Å². The zero-order chi connectivity index (χ0) is 19.4. The van der Waals surface area contributed by atoms with Crippen molar-refractivity contribution in [1.82, 2.24) is 9.78 Å². The molecule has 1 amide bonds. The van der Waals surface area contributed by atoms with Crippen LogP contribution in [-0.2, 0) is 17.8 Å². The van der Waals surface area contributed by atoms with Crippen LogP contribution in [0.1, 0.15) is 41.2 Å². The predicted molar refractivity (Wildman–Crippen MR) is 98.8 cm³/mol. The van der Waals surface area contributed by atoms with E-state index in [2.05, 4.69) is 24.3 Å². The average molecular weight is 359 g/mol. The Bertz CT molecular complexity index is 824. The number of carbonyl (C=O) groups excluding carboxylic acids is 1. The van der Waals surface area contributed by atoms with Crippen LogP contribution in [0.15, 0.2) is 18.2 Å². The second-order valence-electron chi connectivity index (χ2n) is 6.67. The molecule has 0 saturated carbocycles. The molecule has 7 nitrogen and oxygen atoms in total. The first kappa shape index (κ1) is 19.5. The number of methoxy groups -OCH3 is 1. The maximum absolute atomic E-state index is 12.4. The average Bonchev–Trinajstić information content (AvgIpc) is 2.81. The molecule has 0 radical (unpaired) electrons. The molecule has 1 heterocycles. The Labute approximate surface area is 153 Å². The first-order valence-corrected chi connectivity index (χ1v) is 8.47. The van der Waals surface area contributed by atoms with E-state index in [9.17, 15) is 9.59 Å². The Hall–Kier alpha value is -2.83. The van der Waals surface area contributed by atoms with Crippen molar-refractivity contribution in [3.63, 3.8) is 0 Å². The van der Waals surface area contributed by atoms with Crippen LogP contribution >= 0.6 is 0 Å². The number of amides is 1. The van der Waals surface area contributed by atoms with Crippen molar-refractivity contribution in [2.24, 2.45) is 5.92 Å². The molecule has 2 aromatic rings.